The Morgan fingerprint density at radius 3 is 2.47 bits per heavy atom. The second kappa shape index (κ2) is 7.85. The van der Waals surface area contributed by atoms with E-state index >= 15 is 0 Å². The summed E-state index contributed by atoms with van der Waals surface area (Å²) in [5.74, 6) is -0.671. The molecular formula is C22H20F3N3O2. The minimum absolute atomic E-state index is 0.0132. The Morgan fingerprint density at radius 1 is 1.00 bits per heavy atom. The lowest BCUT2D eigenvalue weighted by Gasteiger charge is -2.31. The average Bonchev–Trinajstić information content (AvgIpc) is 2.73. The summed E-state index contributed by atoms with van der Waals surface area (Å²) >= 11 is 0. The number of hydrogen-bond acceptors (Lipinski definition) is 3. The molecule has 8 heteroatoms. The maximum absolute atomic E-state index is 13.3. The molecule has 1 amide bonds. The van der Waals surface area contributed by atoms with Crippen molar-refractivity contribution in [3.63, 3.8) is 0 Å². The summed E-state index contributed by atoms with van der Waals surface area (Å²) in [7, 11) is 0. The van der Waals surface area contributed by atoms with Crippen molar-refractivity contribution in [3.05, 3.63) is 70.1 Å². The van der Waals surface area contributed by atoms with Gasteiger partial charge in [0.2, 0.25) is 0 Å². The van der Waals surface area contributed by atoms with Crippen LogP contribution in [0.4, 0.5) is 24.5 Å². The highest BCUT2D eigenvalue weighted by molar-refractivity contribution is 6.06. The summed E-state index contributed by atoms with van der Waals surface area (Å²) in [6.07, 6.45) is -1.59. The van der Waals surface area contributed by atoms with E-state index in [2.05, 4.69) is 10.3 Å². The lowest BCUT2D eigenvalue weighted by atomic mass is 10.1. The number of halogens is 3. The maximum Gasteiger partial charge on any atom is 0.416 e. The van der Waals surface area contributed by atoms with Crippen molar-refractivity contribution in [2.45, 2.75) is 25.4 Å². The maximum atomic E-state index is 13.3. The molecule has 0 aliphatic carbocycles. The number of piperidine rings is 1. The number of amides is 1. The number of hydrogen-bond donors (Lipinski definition) is 2. The van der Waals surface area contributed by atoms with Gasteiger partial charge in [0.05, 0.1) is 16.9 Å². The first-order valence-corrected chi connectivity index (χ1v) is 9.72. The van der Waals surface area contributed by atoms with Crippen molar-refractivity contribution in [2.75, 3.05) is 23.3 Å². The van der Waals surface area contributed by atoms with Crippen LogP contribution in [-0.4, -0.2) is 24.0 Å². The quantitative estimate of drug-likeness (QED) is 0.647. The molecule has 2 N–H and O–H groups in total. The average molecular weight is 415 g/mol. The molecule has 0 saturated carbocycles. The number of aromatic amines is 1. The molecule has 2 aromatic carbocycles. The van der Waals surface area contributed by atoms with E-state index in [1.165, 1.54) is 12.1 Å². The van der Waals surface area contributed by atoms with E-state index < -0.39 is 23.2 Å². The Bertz CT molecular complexity index is 1150. The van der Waals surface area contributed by atoms with Gasteiger partial charge in [-0.1, -0.05) is 18.2 Å². The van der Waals surface area contributed by atoms with Gasteiger partial charge in [-0.05, 0) is 55.0 Å². The molecule has 3 aromatic rings. The second-order valence-electron chi connectivity index (χ2n) is 7.33. The molecule has 1 fully saturated rings. The fourth-order valence-electron chi connectivity index (χ4n) is 3.75. The van der Waals surface area contributed by atoms with Crippen molar-refractivity contribution in [1.29, 1.82) is 0 Å². The van der Waals surface area contributed by atoms with Gasteiger partial charge in [-0.25, -0.2) is 0 Å². The molecule has 5 nitrogen and oxygen atoms in total. The van der Waals surface area contributed by atoms with Gasteiger partial charge in [-0.15, -0.1) is 0 Å². The molecule has 1 saturated heterocycles. The van der Waals surface area contributed by atoms with Gasteiger partial charge < -0.3 is 15.2 Å². The monoisotopic (exact) mass is 415 g/mol. The topological polar surface area (TPSA) is 65.2 Å². The zero-order chi connectivity index (χ0) is 21.3. The van der Waals surface area contributed by atoms with Crippen LogP contribution in [0.1, 0.15) is 35.3 Å². The van der Waals surface area contributed by atoms with Crippen LogP contribution in [0.2, 0.25) is 0 Å². The predicted octanol–water partition coefficient (Wildman–Crippen LogP) is 4.79. The van der Waals surface area contributed by atoms with E-state index in [1.54, 1.807) is 24.3 Å². The molecule has 0 radical (unpaired) electrons. The van der Waals surface area contributed by atoms with E-state index in [4.69, 9.17) is 0 Å². The minimum atomic E-state index is -4.53. The van der Waals surface area contributed by atoms with Crippen LogP contribution in [0, 0.1) is 0 Å². The van der Waals surface area contributed by atoms with Crippen molar-refractivity contribution in [2.24, 2.45) is 0 Å². The van der Waals surface area contributed by atoms with Crippen molar-refractivity contribution >= 4 is 28.1 Å². The summed E-state index contributed by atoms with van der Waals surface area (Å²) in [4.78, 5) is 29.6. The van der Waals surface area contributed by atoms with Gasteiger partial charge in [0, 0.05) is 18.5 Å². The van der Waals surface area contributed by atoms with E-state index in [0.29, 0.717) is 29.5 Å². The van der Waals surface area contributed by atoms with E-state index in [-0.39, 0.29) is 11.4 Å². The molecular weight excluding hydrogens is 395 g/mol. The molecule has 0 spiro atoms. The number of nitrogens with one attached hydrogen (secondary N) is 2. The molecule has 0 unspecified atom stereocenters. The van der Waals surface area contributed by atoms with Gasteiger partial charge >= 0.3 is 6.18 Å². The van der Waals surface area contributed by atoms with Gasteiger partial charge in [0.15, 0.2) is 0 Å². The van der Waals surface area contributed by atoms with Crippen LogP contribution in [0.25, 0.3) is 10.8 Å². The Balaban J connectivity index is 1.71. The summed E-state index contributed by atoms with van der Waals surface area (Å²) in [6.45, 7) is 1.42. The summed E-state index contributed by atoms with van der Waals surface area (Å²) in [5, 5.41) is 3.59. The number of aromatic nitrogens is 1. The SMILES string of the molecule is O=C(Nc1cc(C(F)(F)F)ccc1N1CCCCC1)c1cc2ccccc2c(=O)[nH]1. The zero-order valence-corrected chi connectivity index (χ0v) is 16.1. The first-order chi connectivity index (χ1) is 14.3. The van der Waals surface area contributed by atoms with E-state index in [1.807, 2.05) is 4.90 Å². The molecule has 156 valence electrons. The number of benzene rings is 2. The standard InChI is InChI=1S/C22H20F3N3O2/c23-22(24,25)15-8-9-19(28-10-4-1-5-11-28)17(13-15)26-21(30)18-12-14-6-2-3-7-16(14)20(29)27-18/h2-3,6-9,12-13H,1,4-5,10-11H2,(H,26,30)(H,27,29). The van der Waals surface area contributed by atoms with Crippen LogP contribution in [-0.2, 0) is 6.18 Å². The number of anilines is 2. The third-order valence-corrected chi connectivity index (χ3v) is 5.27. The second-order valence-corrected chi connectivity index (χ2v) is 7.33. The molecule has 4 rings (SSSR count). The highest BCUT2D eigenvalue weighted by Gasteiger charge is 2.32. The molecule has 2 heterocycles. The van der Waals surface area contributed by atoms with E-state index in [9.17, 15) is 22.8 Å². The molecule has 0 bridgehead atoms. The number of pyridine rings is 1. The summed E-state index contributed by atoms with van der Waals surface area (Å²) in [5.41, 5.74) is -0.672. The normalized spacial score (nSPS) is 14.7. The van der Waals surface area contributed by atoms with Gasteiger partial charge in [-0.2, -0.15) is 13.2 Å². The lowest BCUT2D eigenvalue weighted by molar-refractivity contribution is -0.137. The number of H-pyrrole nitrogens is 1. The number of carbonyl (C=O) groups excluding carboxylic acids is 1. The molecule has 1 aliphatic rings. The number of fused-ring (bicyclic) bond motifs is 1. The van der Waals surface area contributed by atoms with Crippen LogP contribution >= 0.6 is 0 Å². The first kappa shape index (κ1) is 20.0. The number of carbonyl (C=O) groups is 1. The fourth-order valence-corrected chi connectivity index (χ4v) is 3.75. The zero-order valence-electron chi connectivity index (χ0n) is 16.1. The van der Waals surface area contributed by atoms with Crippen molar-refractivity contribution in [1.82, 2.24) is 4.98 Å². The minimum Gasteiger partial charge on any atom is -0.370 e. The highest BCUT2D eigenvalue weighted by atomic mass is 19.4. The highest BCUT2D eigenvalue weighted by Crippen LogP contribution is 2.36. The molecule has 0 atom stereocenters. The Hall–Kier alpha value is -3.29. The summed E-state index contributed by atoms with van der Waals surface area (Å²) in [6, 6.07) is 11.7. The molecule has 30 heavy (non-hydrogen) atoms. The fraction of sp³-hybridized carbons (Fsp3) is 0.273. The van der Waals surface area contributed by atoms with Crippen LogP contribution in [0.15, 0.2) is 53.3 Å². The van der Waals surface area contributed by atoms with E-state index in [0.717, 1.165) is 31.4 Å². The predicted molar refractivity (Wildman–Crippen MR) is 110 cm³/mol. The molecule has 1 aliphatic heterocycles. The van der Waals surface area contributed by atoms with Crippen LogP contribution in [0.5, 0.6) is 0 Å². The Morgan fingerprint density at radius 2 is 1.73 bits per heavy atom. The van der Waals surface area contributed by atoms with Crippen molar-refractivity contribution in [3.8, 4) is 0 Å². The van der Waals surface area contributed by atoms with Gasteiger partial charge in [0.1, 0.15) is 5.69 Å². The Kier molecular flexibility index (Phi) is 5.24. The van der Waals surface area contributed by atoms with Crippen LogP contribution in [0.3, 0.4) is 0 Å². The summed E-state index contributed by atoms with van der Waals surface area (Å²) < 4.78 is 39.8. The Labute approximate surface area is 170 Å². The number of alkyl halides is 3. The number of rotatable bonds is 3. The van der Waals surface area contributed by atoms with Gasteiger partial charge in [0.25, 0.3) is 11.5 Å². The van der Waals surface area contributed by atoms with Crippen molar-refractivity contribution < 1.29 is 18.0 Å². The van der Waals surface area contributed by atoms with Crippen LogP contribution < -0.4 is 15.8 Å². The number of nitrogens with zero attached hydrogens (tertiary/aromatic N) is 1. The molecule has 1 aromatic heterocycles. The largest absolute Gasteiger partial charge is 0.416 e. The third-order valence-electron chi connectivity index (χ3n) is 5.27. The smallest absolute Gasteiger partial charge is 0.370 e. The lowest BCUT2D eigenvalue weighted by Crippen LogP contribution is -2.31. The van der Waals surface area contributed by atoms with Gasteiger partial charge in [-0.3, -0.25) is 9.59 Å². The third kappa shape index (κ3) is 4.03. The first-order valence-electron chi connectivity index (χ1n) is 9.72.